The number of hydrogen-bond donors (Lipinski definition) is 1. The van der Waals surface area contributed by atoms with E-state index in [-0.39, 0.29) is 0 Å². The van der Waals surface area contributed by atoms with Crippen LogP contribution in [0.25, 0.3) is 0 Å². The lowest BCUT2D eigenvalue weighted by Gasteiger charge is -2.25. The van der Waals surface area contributed by atoms with E-state index in [4.69, 9.17) is 0 Å². The zero-order valence-electron chi connectivity index (χ0n) is 11.4. The largest absolute Gasteiger partial charge is 0.348 e. The van der Waals surface area contributed by atoms with Crippen LogP contribution in [0.5, 0.6) is 0 Å². The molecule has 2 aromatic rings. The molecule has 0 aliphatic heterocycles. The van der Waals surface area contributed by atoms with E-state index in [2.05, 4.69) is 45.5 Å². The van der Waals surface area contributed by atoms with Gasteiger partial charge in [0.15, 0.2) is 0 Å². The number of anilines is 1. The topological polar surface area (TPSA) is 29.9 Å². The molecule has 0 bridgehead atoms. The molecule has 0 spiro atoms. The zero-order valence-corrected chi connectivity index (χ0v) is 12.2. The first kappa shape index (κ1) is 12.7. The van der Waals surface area contributed by atoms with Crippen molar-refractivity contribution in [2.45, 2.75) is 51.1 Å². The second kappa shape index (κ2) is 5.78. The van der Waals surface area contributed by atoms with Crippen molar-refractivity contribution in [1.82, 2.24) is 9.55 Å². The lowest BCUT2D eigenvalue weighted by atomic mass is 9.95. The number of imidazole rings is 1. The van der Waals surface area contributed by atoms with Crippen LogP contribution in [0, 0.1) is 0 Å². The molecule has 1 saturated carbocycles. The molecule has 19 heavy (non-hydrogen) atoms. The number of nitrogens with zero attached hydrogens (tertiary/aromatic N) is 2. The van der Waals surface area contributed by atoms with E-state index in [0.29, 0.717) is 12.1 Å². The number of aromatic nitrogens is 2. The SMILES string of the molecule is CC(Nc1nccn1C1CCCCC1)c1cccs1. The Morgan fingerprint density at radius 1 is 1.37 bits per heavy atom. The molecule has 1 atom stereocenters. The summed E-state index contributed by atoms with van der Waals surface area (Å²) in [4.78, 5) is 5.86. The monoisotopic (exact) mass is 275 g/mol. The van der Waals surface area contributed by atoms with E-state index >= 15 is 0 Å². The van der Waals surface area contributed by atoms with Crippen molar-refractivity contribution in [2.75, 3.05) is 5.32 Å². The van der Waals surface area contributed by atoms with Crippen LogP contribution in [-0.2, 0) is 0 Å². The van der Waals surface area contributed by atoms with E-state index in [1.807, 2.05) is 6.20 Å². The lowest BCUT2D eigenvalue weighted by Crippen LogP contribution is -2.16. The third kappa shape index (κ3) is 2.84. The Bertz CT molecular complexity index is 497. The Kier molecular flexibility index (Phi) is 3.87. The molecule has 0 saturated heterocycles. The van der Waals surface area contributed by atoms with E-state index < -0.39 is 0 Å². The third-order valence-electron chi connectivity index (χ3n) is 3.95. The fourth-order valence-electron chi connectivity index (χ4n) is 2.88. The molecule has 2 heterocycles. The normalized spacial score (nSPS) is 18.4. The summed E-state index contributed by atoms with van der Waals surface area (Å²) in [6.07, 6.45) is 10.7. The molecule has 2 aromatic heterocycles. The number of nitrogens with one attached hydrogen (secondary N) is 1. The van der Waals surface area contributed by atoms with Crippen LogP contribution in [0.15, 0.2) is 29.9 Å². The molecule has 0 aromatic carbocycles. The van der Waals surface area contributed by atoms with Gasteiger partial charge in [-0.25, -0.2) is 4.98 Å². The minimum absolute atomic E-state index is 0.324. The maximum Gasteiger partial charge on any atom is 0.203 e. The first-order valence-corrected chi connectivity index (χ1v) is 8.05. The van der Waals surface area contributed by atoms with Gasteiger partial charge in [0.05, 0.1) is 6.04 Å². The Morgan fingerprint density at radius 2 is 2.21 bits per heavy atom. The number of hydrogen-bond acceptors (Lipinski definition) is 3. The van der Waals surface area contributed by atoms with Gasteiger partial charge in [0.25, 0.3) is 0 Å². The molecular formula is C15H21N3S. The fourth-order valence-corrected chi connectivity index (χ4v) is 3.62. The summed E-state index contributed by atoms with van der Waals surface area (Å²) in [5.41, 5.74) is 0. The lowest BCUT2D eigenvalue weighted by molar-refractivity contribution is 0.355. The van der Waals surface area contributed by atoms with Crippen LogP contribution in [0.2, 0.25) is 0 Å². The first-order valence-electron chi connectivity index (χ1n) is 7.17. The zero-order chi connectivity index (χ0) is 13.1. The van der Waals surface area contributed by atoms with Gasteiger partial charge >= 0.3 is 0 Å². The van der Waals surface area contributed by atoms with Gasteiger partial charge < -0.3 is 9.88 Å². The summed E-state index contributed by atoms with van der Waals surface area (Å²) < 4.78 is 2.34. The first-order chi connectivity index (χ1) is 9.34. The van der Waals surface area contributed by atoms with Crippen LogP contribution < -0.4 is 5.32 Å². The molecule has 1 unspecified atom stereocenters. The fraction of sp³-hybridized carbons (Fsp3) is 0.533. The Labute approximate surface area is 118 Å². The van der Waals surface area contributed by atoms with Gasteiger partial charge in [-0.15, -0.1) is 11.3 Å². The Morgan fingerprint density at radius 3 is 2.95 bits per heavy atom. The minimum Gasteiger partial charge on any atom is -0.348 e. The summed E-state index contributed by atoms with van der Waals surface area (Å²) >= 11 is 1.79. The molecule has 102 valence electrons. The van der Waals surface area contributed by atoms with Crippen LogP contribution >= 0.6 is 11.3 Å². The molecule has 1 aliphatic carbocycles. The van der Waals surface area contributed by atoms with Crippen LogP contribution in [-0.4, -0.2) is 9.55 Å². The molecule has 3 nitrogen and oxygen atoms in total. The highest BCUT2D eigenvalue weighted by atomic mass is 32.1. The van der Waals surface area contributed by atoms with Gasteiger partial charge in [0, 0.05) is 23.3 Å². The van der Waals surface area contributed by atoms with Gasteiger partial charge in [-0.2, -0.15) is 0 Å². The summed E-state index contributed by atoms with van der Waals surface area (Å²) in [5, 5.41) is 5.68. The second-order valence-electron chi connectivity index (χ2n) is 5.33. The van der Waals surface area contributed by atoms with E-state index in [1.54, 1.807) is 11.3 Å². The average Bonchev–Trinajstić information content (AvgIpc) is 3.11. The van der Waals surface area contributed by atoms with E-state index in [1.165, 1.54) is 37.0 Å². The van der Waals surface area contributed by atoms with Crippen molar-refractivity contribution >= 4 is 17.3 Å². The van der Waals surface area contributed by atoms with E-state index in [9.17, 15) is 0 Å². The van der Waals surface area contributed by atoms with Gasteiger partial charge in [-0.05, 0) is 31.2 Å². The maximum absolute atomic E-state index is 4.50. The summed E-state index contributed by atoms with van der Waals surface area (Å²) in [6.45, 7) is 2.20. The Balaban J connectivity index is 1.73. The van der Waals surface area contributed by atoms with Crippen LogP contribution in [0.4, 0.5) is 5.95 Å². The molecule has 1 N–H and O–H groups in total. The van der Waals surface area contributed by atoms with Gasteiger partial charge in [-0.3, -0.25) is 0 Å². The van der Waals surface area contributed by atoms with Crippen molar-refractivity contribution in [2.24, 2.45) is 0 Å². The van der Waals surface area contributed by atoms with Crippen LogP contribution in [0.1, 0.15) is 56.0 Å². The molecule has 4 heteroatoms. The quantitative estimate of drug-likeness (QED) is 0.882. The smallest absolute Gasteiger partial charge is 0.203 e. The van der Waals surface area contributed by atoms with E-state index in [0.717, 1.165) is 5.95 Å². The van der Waals surface area contributed by atoms with Crippen molar-refractivity contribution in [3.8, 4) is 0 Å². The minimum atomic E-state index is 0.324. The van der Waals surface area contributed by atoms with Crippen molar-refractivity contribution < 1.29 is 0 Å². The molecular weight excluding hydrogens is 254 g/mol. The molecule has 0 amide bonds. The molecule has 3 rings (SSSR count). The average molecular weight is 275 g/mol. The second-order valence-corrected chi connectivity index (χ2v) is 6.31. The predicted molar refractivity (Wildman–Crippen MR) is 80.7 cm³/mol. The van der Waals surface area contributed by atoms with Crippen LogP contribution in [0.3, 0.4) is 0 Å². The number of rotatable bonds is 4. The van der Waals surface area contributed by atoms with Crippen molar-refractivity contribution in [1.29, 1.82) is 0 Å². The number of thiophene rings is 1. The highest BCUT2D eigenvalue weighted by molar-refractivity contribution is 7.10. The van der Waals surface area contributed by atoms with Gasteiger partial charge in [0.2, 0.25) is 5.95 Å². The molecule has 1 fully saturated rings. The van der Waals surface area contributed by atoms with Gasteiger partial charge in [0.1, 0.15) is 0 Å². The Hall–Kier alpha value is -1.29. The molecule has 1 aliphatic rings. The van der Waals surface area contributed by atoms with Crippen molar-refractivity contribution in [3.63, 3.8) is 0 Å². The summed E-state index contributed by atoms with van der Waals surface area (Å²) in [5.74, 6) is 1.02. The van der Waals surface area contributed by atoms with Gasteiger partial charge in [-0.1, -0.05) is 25.3 Å². The van der Waals surface area contributed by atoms with Crippen molar-refractivity contribution in [3.05, 3.63) is 34.8 Å². The highest BCUT2D eigenvalue weighted by Gasteiger charge is 2.18. The summed E-state index contributed by atoms with van der Waals surface area (Å²) in [6, 6.07) is 5.24. The summed E-state index contributed by atoms with van der Waals surface area (Å²) in [7, 11) is 0. The predicted octanol–water partition coefficient (Wildman–Crippen LogP) is 4.62. The molecule has 0 radical (unpaired) electrons. The highest BCUT2D eigenvalue weighted by Crippen LogP contribution is 2.31. The third-order valence-corrected chi connectivity index (χ3v) is 5.01. The maximum atomic E-state index is 4.50. The standard InChI is InChI=1S/C15H21N3S/c1-12(14-8-5-11-19-14)17-15-16-9-10-18(15)13-6-3-2-4-7-13/h5,8-13H,2-4,6-7H2,1H3,(H,16,17).